The molecule has 0 fully saturated rings. The number of pyridine rings is 1. The summed E-state index contributed by atoms with van der Waals surface area (Å²) < 4.78 is 14.6. The topological polar surface area (TPSA) is 104 Å². The number of hydrogen-bond donors (Lipinski definition) is 3. The highest BCUT2D eigenvalue weighted by Crippen LogP contribution is 2.36. The molecule has 2 unspecified atom stereocenters. The number of hydrogen-bond acceptors (Lipinski definition) is 8. The molecule has 3 N–H and O–H groups in total. The Morgan fingerprint density at radius 3 is 2.82 bits per heavy atom. The zero-order valence-corrected chi connectivity index (χ0v) is 17.4. The molecule has 28 heavy (non-hydrogen) atoms. The fourth-order valence-electron chi connectivity index (χ4n) is 2.86. The van der Waals surface area contributed by atoms with Gasteiger partial charge in [-0.2, -0.15) is 0 Å². The second kappa shape index (κ2) is 8.97. The fraction of sp³-hybridized carbons (Fsp3) is 0.444. The highest BCUT2D eigenvalue weighted by Gasteiger charge is 2.19. The van der Waals surface area contributed by atoms with Crippen molar-refractivity contribution in [2.45, 2.75) is 43.6 Å². The van der Waals surface area contributed by atoms with Gasteiger partial charge in [-0.3, -0.25) is 14.8 Å². The first-order valence-corrected chi connectivity index (χ1v) is 10.6. The average molecular weight is 424 g/mol. The van der Waals surface area contributed by atoms with Crippen LogP contribution >= 0.6 is 23.1 Å². The van der Waals surface area contributed by atoms with Crippen molar-refractivity contribution in [3.05, 3.63) is 39.5 Å². The summed E-state index contributed by atoms with van der Waals surface area (Å²) in [6.07, 6.45) is 3.47. The average Bonchev–Trinajstić information content (AvgIpc) is 3.01. The Bertz CT molecular complexity index is 1010. The van der Waals surface area contributed by atoms with Crippen LogP contribution < -0.4 is 10.2 Å². The summed E-state index contributed by atoms with van der Waals surface area (Å²) >= 11 is 2.31. The number of halogens is 1. The van der Waals surface area contributed by atoms with E-state index < -0.39 is 0 Å². The van der Waals surface area contributed by atoms with Crippen LogP contribution in [0.5, 0.6) is 0 Å². The van der Waals surface area contributed by atoms with Gasteiger partial charge in [-0.1, -0.05) is 36.9 Å². The number of nitrogens with zero attached hydrogens (tertiary/aromatic N) is 3. The van der Waals surface area contributed by atoms with Gasteiger partial charge in [-0.05, 0) is 25.3 Å². The summed E-state index contributed by atoms with van der Waals surface area (Å²) in [4.78, 5) is 27.0. The van der Waals surface area contributed by atoms with Gasteiger partial charge in [0, 0.05) is 17.0 Å². The summed E-state index contributed by atoms with van der Waals surface area (Å²) in [5.74, 6) is 0.497. The van der Waals surface area contributed by atoms with E-state index in [1.54, 1.807) is 12.3 Å². The third-order valence-corrected chi connectivity index (χ3v) is 5.98. The van der Waals surface area contributed by atoms with Crippen LogP contribution in [0.2, 0.25) is 0 Å². The lowest BCUT2D eigenvalue weighted by Crippen LogP contribution is -2.26. The van der Waals surface area contributed by atoms with Crippen LogP contribution in [-0.4, -0.2) is 37.7 Å². The number of H-pyrrole nitrogens is 1. The maximum Gasteiger partial charge on any atom is 0.306 e. The van der Waals surface area contributed by atoms with Crippen LogP contribution in [0.15, 0.2) is 28.4 Å². The van der Waals surface area contributed by atoms with Crippen molar-refractivity contribution < 1.29 is 9.50 Å². The summed E-state index contributed by atoms with van der Waals surface area (Å²) in [5, 5.41) is 13.1. The van der Waals surface area contributed by atoms with Crippen molar-refractivity contribution in [1.82, 2.24) is 19.9 Å². The van der Waals surface area contributed by atoms with E-state index in [2.05, 4.69) is 39.1 Å². The van der Waals surface area contributed by atoms with Gasteiger partial charge in [0.2, 0.25) is 0 Å². The molecule has 150 valence electrons. The smallest absolute Gasteiger partial charge is 0.306 e. The number of thiazole rings is 1. The molecule has 0 aromatic carbocycles. The molecule has 0 saturated heterocycles. The summed E-state index contributed by atoms with van der Waals surface area (Å²) in [6.45, 7) is 5.95. The molecule has 2 atom stereocenters. The number of fused-ring (bicyclic) bond motifs is 1. The number of aromatic amines is 1. The molecule has 3 aromatic heterocycles. The normalized spacial score (nSPS) is 13.8. The molecule has 0 radical (unpaired) electrons. The molecule has 3 rings (SSSR count). The van der Waals surface area contributed by atoms with Gasteiger partial charge in [0.25, 0.3) is 0 Å². The first-order chi connectivity index (χ1) is 13.4. The standard InChI is InChI=1S/C18H22FN5O2S2/c1-9(2)6-11(8-25)21-15-14-16(24-18(26)28-14)23-17(22-15)27-10(3)12-4-5-20-7-13(12)19/h4-5,7,9-11,25H,6,8H2,1-3H3,(H2,21,22,23,24,26). The summed E-state index contributed by atoms with van der Waals surface area (Å²) in [5.41, 5.74) is 0.934. The lowest BCUT2D eigenvalue weighted by molar-refractivity contribution is 0.259. The van der Waals surface area contributed by atoms with E-state index in [0.717, 1.165) is 17.8 Å². The fourth-order valence-corrected chi connectivity index (χ4v) is 4.51. The highest BCUT2D eigenvalue weighted by atomic mass is 32.2. The van der Waals surface area contributed by atoms with Crippen molar-refractivity contribution in [2.75, 3.05) is 11.9 Å². The lowest BCUT2D eigenvalue weighted by atomic mass is 10.0. The quantitative estimate of drug-likeness (QED) is 0.376. The second-order valence-corrected chi connectivity index (χ2v) is 9.15. The molecule has 7 nitrogen and oxygen atoms in total. The Balaban J connectivity index is 1.93. The molecule has 0 spiro atoms. The number of aliphatic hydroxyl groups excluding tert-OH is 1. The molecule has 10 heteroatoms. The number of aliphatic hydroxyl groups is 1. The van der Waals surface area contributed by atoms with E-state index in [-0.39, 0.29) is 28.6 Å². The van der Waals surface area contributed by atoms with Crippen LogP contribution in [0.25, 0.3) is 10.3 Å². The van der Waals surface area contributed by atoms with E-state index in [4.69, 9.17) is 0 Å². The Kier molecular flexibility index (Phi) is 6.63. The SMILES string of the molecule is CC(C)CC(CO)Nc1nc(SC(C)c2ccncc2F)nc2[nH]c(=O)sc12. The maximum absolute atomic E-state index is 14.0. The minimum atomic E-state index is -0.386. The van der Waals surface area contributed by atoms with Crippen LogP contribution in [0.3, 0.4) is 0 Å². The number of anilines is 1. The Morgan fingerprint density at radius 1 is 1.36 bits per heavy atom. The molecule has 0 aliphatic heterocycles. The van der Waals surface area contributed by atoms with Crippen molar-refractivity contribution >= 4 is 39.3 Å². The van der Waals surface area contributed by atoms with Crippen LogP contribution in [-0.2, 0) is 0 Å². The Hall–Kier alpha value is -2.04. The number of aromatic nitrogens is 4. The molecule has 0 saturated carbocycles. The van der Waals surface area contributed by atoms with E-state index >= 15 is 0 Å². The first-order valence-electron chi connectivity index (χ1n) is 8.91. The molecule has 0 aliphatic carbocycles. The van der Waals surface area contributed by atoms with Crippen molar-refractivity contribution in [3.63, 3.8) is 0 Å². The third kappa shape index (κ3) is 4.86. The van der Waals surface area contributed by atoms with Gasteiger partial charge in [-0.25, -0.2) is 14.4 Å². The minimum absolute atomic E-state index is 0.0515. The van der Waals surface area contributed by atoms with Gasteiger partial charge < -0.3 is 10.4 Å². The van der Waals surface area contributed by atoms with Crippen LogP contribution in [0, 0.1) is 11.7 Å². The van der Waals surface area contributed by atoms with Gasteiger partial charge in [0.15, 0.2) is 16.6 Å². The zero-order valence-electron chi connectivity index (χ0n) is 15.8. The molecule has 0 amide bonds. The van der Waals surface area contributed by atoms with Gasteiger partial charge in [0.1, 0.15) is 10.5 Å². The molecular formula is C18H22FN5O2S2. The van der Waals surface area contributed by atoms with E-state index in [1.807, 2.05) is 6.92 Å². The van der Waals surface area contributed by atoms with Crippen molar-refractivity contribution in [2.24, 2.45) is 5.92 Å². The minimum Gasteiger partial charge on any atom is -0.394 e. The summed E-state index contributed by atoms with van der Waals surface area (Å²) in [7, 11) is 0. The largest absolute Gasteiger partial charge is 0.394 e. The number of nitrogens with one attached hydrogen (secondary N) is 2. The first kappa shape index (κ1) is 20.7. The zero-order chi connectivity index (χ0) is 20.3. The number of thioether (sulfide) groups is 1. The maximum atomic E-state index is 14.0. The van der Waals surface area contributed by atoms with Crippen molar-refractivity contribution in [1.29, 1.82) is 0 Å². The highest BCUT2D eigenvalue weighted by molar-refractivity contribution is 7.99. The van der Waals surface area contributed by atoms with Gasteiger partial charge in [-0.15, -0.1) is 0 Å². The predicted octanol–water partition coefficient (Wildman–Crippen LogP) is 3.59. The van der Waals surface area contributed by atoms with Crippen LogP contribution in [0.1, 0.15) is 38.0 Å². The van der Waals surface area contributed by atoms with E-state index in [0.29, 0.717) is 32.8 Å². The monoisotopic (exact) mass is 423 g/mol. The molecular weight excluding hydrogens is 401 g/mol. The third-order valence-electron chi connectivity index (χ3n) is 4.10. The van der Waals surface area contributed by atoms with Gasteiger partial charge >= 0.3 is 4.87 Å². The molecule has 0 aliphatic rings. The molecule has 3 heterocycles. The molecule has 0 bridgehead atoms. The van der Waals surface area contributed by atoms with Crippen LogP contribution in [0.4, 0.5) is 10.2 Å². The Labute approximate surface area is 169 Å². The Morgan fingerprint density at radius 2 is 2.14 bits per heavy atom. The summed E-state index contributed by atoms with van der Waals surface area (Å²) in [6, 6.07) is 1.44. The van der Waals surface area contributed by atoms with Gasteiger partial charge in [0.05, 0.1) is 18.8 Å². The second-order valence-electron chi connectivity index (χ2n) is 6.86. The number of rotatable bonds is 8. The van der Waals surface area contributed by atoms with E-state index in [1.165, 1.54) is 18.0 Å². The lowest BCUT2D eigenvalue weighted by Gasteiger charge is -2.19. The van der Waals surface area contributed by atoms with Crippen molar-refractivity contribution in [3.8, 4) is 0 Å². The molecule has 3 aromatic rings. The predicted molar refractivity (Wildman–Crippen MR) is 110 cm³/mol. The van der Waals surface area contributed by atoms with E-state index in [9.17, 15) is 14.3 Å².